The molecule has 0 aliphatic carbocycles. The van der Waals surface area contributed by atoms with Gasteiger partial charge in [-0.05, 0) is 63.7 Å². The van der Waals surface area contributed by atoms with Gasteiger partial charge in [0.1, 0.15) is 0 Å². The van der Waals surface area contributed by atoms with Crippen LogP contribution in [0.1, 0.15) is 37.1 Å². The van der Waals surface area contributed by atoms with Crippen LogP contribution in [-0.2, 0) is 4.74 Å². The SMILES string of the molecule is CCNC(=NCC1CCCN(C)C1c1cccs1)NCCCN1CCOCC1.I. The molecule has 0 amide bonds. The van der Waals surface area contributed by atoms with Crippen LogP contribution in [0.25, 0.3) is 0 Å². The number of nitrogens with zero attached hydrogens (tertiary/aromatic N) is 3. The van der Waals surface area contributed by atoms with Crippen LogP contribution >= 0.6 is 35.3 Å². The van der Waals surface area contributed by atoms with Crippen LogP contribution in [0.15, 0.2) is 22.5 Å². The normalized spacial score (nSPS) is 24.1. The monoisotopic (exact) mass is 535 g/mol. The van der Waals surface area contributed by atoms with Crippen molar-refractivity contribution in [3.63, 3.8) is 0 Å². The fourth-order valence-corrected chi connectivity index (χ4v) is 5.23. The standard InChI is InChI=1S/C21H37N5OS.HI/c1-3-22-21(23-9-6-11-26-12-14-27-15-13-26)24-17-18-7-4-10-25(2)20(18)19-8-5-16-28-19;/h5,8,16,18,20H,3-4,6-7,9-15,17H2,1-2H3,(H2,22,23,24);1H. The molecule has 6 nitrogen and oxygen atoms in total. The molecule has 0 radical (unpaired) electrons. The molecule has 2 N–H and O–H groups in total. The minimum atomic E-state index is 0. The van der Waals surface area contributed by atoms with Crippen LogP contribution in [0.2, 0.25) is 0 Å². The molecule has 1 aromatic rings. The molecule has 1 aromatic heterocycles. The quantitative estimate of drug-likeness (QED) is 0.232. The van der Waals surface area contributed by atoms with Gasteiger partial charge in [-0.2, -0.15) is 0 Å². The van der Waals surface area contributed by atoms with Gasteiger partial charge in [0, 0.05) is 43.6 Å². The average Bonchev–Trinajstić information content (AvgIpc) is 3.24. The van der Waals surface area contributed by atoms with Crippen LogP contribution in [0.4, 0.5) is 0 Å². The van der Waals surface area contributed by atoms with E-state index in [1.165, 1.54) is 24.3 Å². The third kappa shape index (κ3) is 7.97. The molecule has 8 heteroatoms. The maximum atomic E-state index is 5.42. The molecular formula is C21H38IN5OS. The van der Waals surface area contributed by atoms with E-state index in [1.807, 2.05) is 11.3 Å². The van der Waals surface area contributed by atoms with E-state index in [-0.39, 0.29) is 24.0 Å². The molecule has 166 valence electrons. The molecular weight excluding hydrogens is 497 g/mol. The summed E-state index contributed by atoms with van der Waals surface area (Å²) in [4.78, 5) is 11.4. The zero-order valence-electron chi connectivity index (χ0n) is 17.9. The van der Waals surface area contributed by atoms with E-state index in [9.17, 15) is 0 Å². The summed E-state index contributed by atoms with van der Waals surface area (Å²) in [6, 6.07) is 4.95. The number of aliphatic imine (C=N–C) groups is 1. The Labute approximate surface area is 197 Å². The highest BCUT2D eigenvalue weighted by atomic mass is 127. The van der Waals surface area contributed by atoms with Crippen molar-refractivity contribution < 1.29 is 4.74 Å². The van der Waals surface area contributed by atoms with Crippen molar-refractivity contribution in [3.05, 3.63) is 22.4 Å². The second-order valence-electron chi connectivity index (χ2n) is 7.80. The van der Waals surface area contributed by atoms with Crippen LogP contribution in [0.3, 0.4) is 0 Å². The molecule has 2 atom stereocenters. The first-order valence-corrected chi connectivity index (χ1v) is 11.7. The predicted octanol–water partition coefficient (Wildman–Crippen LogP) is 3.03. The number of piperidine rings is 1. The summed E-state index contributed by atoms with van der Waals surface area (Å²) in [7, 11) is 2.26. The van der Waals surface area contributed by atoms with Crippen molar-refractivity contribution in [3.8, 4) is 0 Å². The van der Waals surface area contributed by atoms with E-state index >= 15 is 0 Å². The van der Waals surface area contributed by atoms with Crippen molar-refractivity contribution in [2.75, 3.05) is 66.1 Å². The lowest BCUT2D eigenvalue weighted by Crippen LogP contribution is -2.41. The van der Waals surface area contributed by atoms with Crippen LogP contribution < -0.4 is 10.6 Å². The van der Waals surface area contributed by atoms with E-state index in [0.717, 1.165) is 64.9 Å². The number of halogens is 1. The first-order chi connectivity index (χ1) is 13.8. The number of guanidine groups is 1. The van der Waals surface area contributed by atoms with E-state index < -0.39 is 0 Å². The summed E-state index contributed by atoms with van der Waals surface area (Å²) in [5.74, 6) is 1.55. The van der Waals surface area contributed by atoms with Crippen molar-refractivity contribution in [2.24, 2.45) is 10.9 Å². The van der Waals surface area contributed by atoms with Gasteiger partial charge in [0.2, 0.25) is 0 Å². The van der Waals surface area contributed by atoms with E-state index in [4.69, 9.17) is 9.73 Å². The lowest BCUT2D eigenvalue weighted by atomic mass is 9.88. The summed E-state index contributed by atoms with van der Waals surface area (Å²) in [5.41, 5.74) is 0. The fraction of sp³-hybridized carbons (Fsp3) is 0.762. The summed E-state index contributed by atoms with van der Waals surface area (Å²) in [6.07, 6.45) is 3.66. The molecule has 29 heavy (non-hydrogen) atoms. The molecule has 3 rings (SSSR count). The van der Waals surface area contributed by atoms with Gasteiger partial charge in [0.15, 0.2) is 5.96 Å². The van der Waals surface area contributed by atoms with Crippen LogP contribution in [0, 0.1) is 5.92 Å². The lowest BCUT2D eigenvalue weighted by Gasteiger charge is -2.38. The molecule has 2 unspecified atom stereocenters. The van der Waals surface area contributed by atoms with E-state index in [1.54, 1.807) is 0 Å². The molecule has 2 fully saturated rings. The zero-order chi connectivity index (χ0) is 19.6. The number of hydrogen-bond acceptors (Lipinski definition) is 5. The number of thiophene rings is 1. The Hall–Kier alpha value is -0.420. The Morgan fingerprint density at radius 1 is 1.28 bits per heavy atom. The number of nitrogens with one attached hydrogen (secondary N) is 2. The van der Waals surface area contributed by atoms with Crippen LogP contribution in [0.5, 0.6) is 0 Å². The summed E-state index contributed by atoms with van der Waals surface area (Å²) >= 11 is 1.88. The second kappa shape index (κ2) is 13.8. The molecule has 0 aromatic carbocycles. The maximum absolute atomic E-state index is 5.42. The average molecular weight is 536 g/mol. The molecule has 2 saturated heterocycles. The van der Waals surface area contributed by atoms with Crippen LogP contribution in [-0.4, -0.2) is 81.8 Å². The summed E-state index contributed by atoms with van der Waals surface area (Å²) in [6.45, 7) is 11.1. The molecule has 2 aliphatic heterocycles. The van der Waals surface area contributed by atoms with Crippen molar-refractivity contribution >= 4 is 41.3 Å². The van der Waals surface area contributed by atoms with Crippen molar-refractivity contribution in [1.29, 1.82) is 0 Å². The Morgan fingerprint density at radius 2 is 2.10 bits per heavy atom. The Morgan fingerprint density at radius 3 is 2.83 bits per heavy atom. The highest BCUT2D eigenvalue weighted by Gasteiger charge is 2.31. The van der Waals surface area contributed by atoms with Gasteiger partial charge in [-0.25, -0.2) is 0 Å². The Bertz CT molecular complexity index is 580. The first kappa shape index (κ1) is 24.8. The molecule has 3 heterocycles. The number of rotatable bonds is 8. The minimum absolute atomic E-state index is 0. The predicted molar refractivity (Wildman–Crippen MR) is 134 cm³/mol. The first-order valence-electron chi connectivity index (χ1n) is 10.8. The molecule has 2 aliphatic rings. The maximum Gasteiger partial charge on any atom is 0.191 e. The Kier molecular flexibility index (Phi) is 11.8. The van der Waals surface area contributed by atoms with Gasteiger partial charge in [-0.3, -0.25) is 14.8 Å². The minimum Gasteiger partial charge on any atom is -0.379 e. The molecule has 0 saturated carbocycles. The van der Waals surface area contributed by atoms with Gasteiger partial charge in [-0.1, -0.05) is 6.07 Å². The third-order valence-electron chi connectivity index (χ3n) is 5.72. The van der Waals surface area contributed by atoms with Gasteiger partial charge in [-0.15, -0.1) is 35.3 Å². The summed E-state index contributed by atoms with van der Waals surface area (Å²) < 4.78 is 5.42. The highest BCUT2D eigenvalue weighted by Crippen LogP contribution is 2.37. The van der Waals surface area contributed by atoms with Gasteiger partial charge in [0.25, 0.3) is 0 Å². The van der Waals surface area contributed by atoms with Gasteiger partial charge < -0.3 is 15.4 Å². The second-order valence-corrected chi connectivity index (χ2v) is 8.78. The summed E-state index contributed by atoms with van der Waals surface area (Å²) in [5, 5.41) is 9.14. The highest BCUT2D eigenvalue weighted by molar-refractivity contribution is 14.0. The largest absolute Gasteiger partial charge is 0.379 e. The third-order valence-corrected chi connectivity index (χ3v) is 6.66. The number of likely N-dealkylation sites (tertiary alicyclic amines) is 1. The number of hydrogen-bond donors (Lipinski definition) is 2. The van der Waals surface area contributed by atoms with Crippen molar-refractivity contribution in [2.45, 2.75) is 32.2 Å². The molecule has 0 spiro atoms. The fourth-order valence-electron chi connectivity index (χ4n) is 4.24. The number of ether oxygens (including phenoxy) is 1. The number of morpholine rings is 1. The smallest absolute Gasteiger partial charge is 0.191 e. The lowest BCUT2D eigenvalue weighted by molar-refractivity contribution is 0.0376. The van der Waals surface area contributed by atoms with E-state index in [0.29, 0.717) is 12.0 Å². The van der Waals surface area contributed by atoms with Crippen molar-refractivity contribution in [1.82, 2.24) is 20.4 Å². The van der Waals surface area contributed by atoms with E-state index in [2.05, 4.69) is 51.9 Å². The molecule has 0 bridgehead atoms. The van der Waals surface area contributed by atoms with Gasteiger partial charge >= 0.3 is 0 Å². The van der Waals surface area contributed by atoms with Gasteiger partial charge in [0.05, 0.1) is 13.2 Å². The Balaban J connectivity index is 0.00000300. The zero-order valence-corrected chi connectivity index (χ0v) is 21.1. The topological polar surface area (TPSA) is 52.1 Å².